The third kappa shape index (κ3) is 8.63. The van der Waals surface area contributed by atoms with Gasteiger partial charge in [-0.3, -0.25) is 14.1 Å². The van der Waals surface area contributed by atoms with Crippen LogP contribution in [0.5, 0.6) is 5.75 Å². The molecule has 2 amide bonds. The number of β-lactam (4-membered cyclic amide) rings is 1. The number of hydrogen-bond acceptors (Lipinski definition) is 14. The first kappa shape index (κ1) is 36.2. The summed E-state index contributed by atoms with van der Waals surface area (Å²) in [6, 6.07) is 5.86. The molecule has 20 heteroatoms. The van der Waals surface area contributed by atoms with Gasteiger partial charge < -0.3 is 31.1 Å². The number of oxime groups is 1. The molecule has 1 saturated heterocycles. The number of aromatic nitrogens is 3. The first-order chi connectivity index (χ1) is 22.6. The summed E-state index contributed by atoms with van der Waals surface area (Å²) in [5.41, 5.74) is 11.4. The van der Waals surface area contributed by atoms with E-state index < -0.39 is 51.6 Å². The van der Waals surface area contributed by atoms with Crippen molar-refractivity contribution in [2.75, 3.05) is 25.5 Å². The summed E-state index contributed by atoms with van der Waals surface area (Å²) in [5.74, 6) is -2.34. The van der Waals surface area contributed by atoms with E-state index in [0.717, 1.165) is 35.4 Å². The van der Waals surface area contributed by atoms with Crippen LogP contribution in [0.25, 0.3) is 11.1 Å². The lowest BCUT2D eigenvalue weighted by Gasteiger charge is -2.50. The first-order valence-corrected chi connectivity index (χ1v) is 16.8. The Morgan fingerprint density at radius 3 is 2.54 bits per heavy atom. The zero-order chi connectivity index (χ0) is 35.2. The normalized spacial score (nSPS) is 16.6. The number of nitrogens with zero attached hydrogens (tertiary/aromatic N) is 5. The van der Waals surface area contributed by atoms with E-state index in [1.807, 2.05) is 36.3 Å². The van der Waals surface area contributed by atoms with Crippen LogP contribution in [-0.4, -0.2) is 88.6 Å². The molecule has 0 spiro atoms. The number of thiazole rings is 1. The minimum atomic E-state index is -5.01. The third-order valence-electron chi connectivity index (χ3n) is 7.12. The number of hydroxylamine groups is 2. The van der Waals surface area contributed by atoms with Crippen molar-refractivity contribution < 1.29 is 50.6 Å². The van der Waals surface area contributed by atoms with Crippen LogP contribution in [0.4, 0.5) is 5.13 Å². The number of esters is 1. The van der Waals surface area contributed by atoms with Gasteiger partial charge in [-0.05, 0) is 51.4 Å². The van der Waals surface area contributed by atoms with E-state index in [9.17, 15) is 22.8 Å². The van der Waals surface area contributed by atoms with Crippen molar-refractivity contribution in [3.63, 3.8) is 0 Å². The Morgan fingerprint density at radius 2 is 1.96 bits per heavy atom. The van der Waals surface area contributed by atoms with Gasteiger partial charge in [0, 0.05) is 5.38 Å². The number of anilines is 1. The van der Waals surface area contributed by atoms with Crippen molar-refractivity contribution in [2.24, 2.45) is 17.9 Å². The molecule has 0 saturated carbocycles. The number of amides is 2. The number of hydrogen-bond donors (Lipinski definition) is 4. The summed E-state index contributed by atoms with van der Waals surface area (Å²) in [6.07, 6.45) is 3.42. The van der Waals surface area contributed by atoms with Gasteiger partial charge in [0.25, 0.3) is 17.9 Å². The molecule has 0 unspecified atom stereocenters. The maximum Gasteiger partial charge on any atom is 0.418 e. The van der Waals surface area contributed by atoms with E-state index in [4.69, 9.17) is 30.3 Å². The molecule has 1 aliphatic rings. The number of nitrogens with two attached hydrogens (primary N) is 2. The van der Waals surface area contributed by atoms with Crippen molar-refractivity contribution in [3.05, 3.63) is 47.7 Å². The summed E-state index contributed by atoms with van der Waals surface area (Å²) in [6.45, 7) is 5.42. The monoisotopic (exact) mass is 709 g/mol. The number of ether oxygens (including phenoxy) is 2. The Balaban J connectivity index is 1.49. The average Bonchev–Trinajstić information content (AvgIpc) is 3.63. The zero-order valence-electron chi connectivity index (χ0n) is 26.6. The summed E-state index contributed by atoms with van der Waals surface area (Å²) >= 11 is 0.994. The molecule has 1 aliphatic heterocycles. The number of benzene rings is 1. The molecule has 48 heavy (non-hydrogen) atoms. The van der Waals surface area contributed by atoms with E-state index in [1.54, 1.807) is 19.1 Å². The summed E-state index contributed by atoms with van der Waals surface area (Å²) in [5, 5.41) is 8.20. The SMILES string of the molecule is CCOC(=O)[C@H](COc1ccc(-c2cn(CCCN)[n+](C)c2)cc1)O/N=C(\C(=O)N[C@@H]1C(=O)N(OS(=O)(=O)O)C1(C)C)c1csc(N)n1. The van der Waals surface area contributed by atoms with Gasteiger partial charge in [-0.15, -0.1) is 20.3 Å². The summed E-state index contributed by atoms with van der Waals surface area (Å²) in [4.78, 5) is 48.2. The second-order valence-corrected chi connectivity index (χ2v) is 12.9. The lowest BCUT2D eigenvalue weighted by Crippen LogP contribution is -2.76. The van der Waals surface area contributed by atoms with Gasteiger partial charge in [0.05, 0.1) is 30.5 Å². The Morgan fingerprint density at radius 1 is 1.25 bits per heavy atom. The van der Waals surface area contributed by atoms with Crippen LogP contribution in [0, 0.1) is 0 Å². The van der Waals surface area contributed by atoms with Crippen molar-refractivity contribution in [2.45, 2.75) is 51.4 Å². The Bertz CT molecular complexity index is 1770. The van der Waals surface area contributed by atoms with Crippen LogP contribution >= 0.6 is 11.3 Å². The topological polar surface area (TPSA) is 244 Å². The molecule has 1 fully saturated rings. The molecule has 0 radical (unpaired) electrons. The molecule has 0 bridgehead atoms. The van der Waals surface area contributed by atoms with Gasteiger partial charge in [0.2, 0.25) is 6.20 Å². The van der Waals surface area contributed by atoms with Crippen molar-refractivity contribution in [1.29, 1.82) is 0 Å². The molecule has 3 heterocycles. The van der Waals surface area contributed by atoms with E-state index in [2.05, 4.69) is 24.4 Å². The molecule has 3 aromatic rings. The molecule has 0 aliphatic carbocycles. The van der Waals surface area contributed by atoms with Gasteiger partial charge in [-0.2, -0.15) is 18.2 Å². The molecule has 2 atom stereocenters. The average molecular weight is 710 g/mol. The van der Waals surface area contributed by atoms with Crippen molar-refractivity contribution >= 4 is 50.4 Å². The van der Waals surface area contributed by atoms with E-state index >= 15 is 0 Å². The van der Waals surface area contributed by atoms with Gasteiger partial charge in [0.15, 0.2) is 17.9 Å². The lowest BCUT2D eigenvalue weighted by atomic mass is 9.84. The maximum absolute atomic E-state index is 13.4. The van der Waals surface area contributed by atoms with Crippen LogP contribution in [0.15, 0.2) is 47.2 Å². The maximum atomic E-state index is 13.4. The van der Waals surface area contributed by atoms with Crippen LogP contribution < -0.4 is 26.2 Å². The molecule has 1 aromatic carbocycles. The minimum Gasteiger partial charge on any atom is -0.489 e. The molecular formula is C28H37N8O10S2+. The van der Waals surface area contributed by atoms with Crippen LogP contribution in [-0.2, 0) is 52.2 Å². The second kappa shape index (κ2) is 15.1. The predicted octanol–water partition coefficient (Wildman–Crippen LogP) is -0.0615. The number of nitrogen functional groups attached to an aromatic ring is 1. The minimum absolute atomic E-state index is 0.0242. The van der Waals surface area contributed by atoms with Crippen molar-refractivity contribution in [3.8, 4) is 16.9 Å². The lowest BCUT2D eigenvalue weighted by molar-refractivity contribution is -0.753. The third-order valence-corrected chi connectivity index (χ3v) is 8.13. The van der Waals surface area contributed by atoms with Crippen LogP contribution in [0.1, 0.15) is 32.9 Å². The first-order valence-electron chi connectivity index (χ1n) is 14.6. The largest absolute Gasteiger partial charge is 0.489 e. The molecule has 4 rings (SSSR count). The van der Waals surface area contributed by atoms with Gasteiger partial charge in [0.1, 0.15) is 24.1 Å². The molecule has 2 aromatic heterocycles. The molecular weight excluding hydrogens is 672 g/mol. The Hall–Kier alpha value is -4.63. The van der Waals surface area contributed by atoms with Gasteiger partial charge in [-0.25, -0.2) is 9.78 Å². The van der Waals surface area contributed by atoms with Gasteiger partial charge in [-0.1, -0.05) is 17.3 Å². The number of carbonyl (C=O) groups is 3. The molecule has 260 valence electrons. The highest BCUT2D eigenvalue weighted by Gasteiger charge is 2.58. The quantitative estimate of drug-likeness (QED) is 0.0381. The van der Waals surface area contributed by atoms with E-state index in [0.29, 0.717) is 17.4 Å². The van der Waals surface area contributed by atoms with E-state index in [1.165, 1.54) is 19.2 Å². The highest BCUT2D eigenvalue weighted by molar-refractivity contribution is 7.80. The highest BCUT2D eigenvalue weighted by Crippen LogP contribution is 2.33. The zero-order valence-corrected chi connectivity index (χ0v) is 28.2. The molecule has 6 N–H and O–H groups in total. The van der Waals surface area contributed by atoms with Crippen LogP contribution in [0.2, 0.25) is 0 Å². The number of carbonyl (C=O) groups excluding carboxylic acids is 3. The number of aryl methyl sites for hydroxylation is 2. The predicted molar refractivity (Wildman–Crippen MR) is 170 cm³/mol. The fourth-order valence-corrected chi connectivity index (χ4v) is 5.62. The van der Waals surface area contributed by atoms with Gasteiger partial charge >= 0.3 is 16.4 Å². The Labute approximate surface area is 280 Å². The fraction of sp³-hybridized carbons (Fsp3) is 0.429. The summed E-state index contributed by atoms with van der Waals surface area (Å²) in [7, 11) is -3.06. The standard InChI is InChI=1S/C28H36N8O10S2/c1-5-43-26(39)21(15-44-19-9-7-17(8-10-19)18-13-34(4)35(14-18)12-6-11-29)45-33-22(20-16-47-27(30)31-20)24(37)32-23-25(38)36(28(23,2)3)46-48(40,41)42/h7-10,13-14,16,21,23H,5-6,11-12,15,29H2,1-4H3,(H3-,30,31,32,37,40,41,42)/p+1/b33-22-/t21-,23+/m0/s1. The van der Waals surface area contributed by atoms with Crippen molar-refractivity contribution in [1.82, 2.24) is 20.0 Å². The van der Waals surface area contributed by atoms with Crippen LogP contribution in [0.3, 0.4) is 0 Å². The fourth-order valence-electron chi connectivity index (χ4n) is 4.61. The number of nitrogens with one attached hydrogen (secondary N) is 1. The smallest absolute Gasteiger partial charge is 0.418 e. The van der Waals surface area contributed by atoms with E-state index in [-0.39, 0.29) is 24.0 Å². The molecule has 18 nitrogen and oxygen atoms in total. The summed E-state index contributed by atoms with van der Waals surface area (Å²) < 4.78 is 50.5. The number of rotatable bonds is 16. The second-order valence-electron chi connectivity index (χ2n) is 11.0. The Kier molecular flexibility index (Phi) is 11.4. The highest BCUT2D eigenvalue weighted by atomic mass is 32.3.